The third-order valence-corrected chi connectivity index (χ3v) is 4.21. The van der Waals surface area contributed by atoms with E-state index in [0.717, 1.165) is 5.56 Å². The fourth-order valence-electron chi connectivity index (χ4n) is 2.90. The van der Waals surface area contributed by atoms with E-state index in [0.29, 0.717) is 18.8 Å². The SMILES string of the molecule is O=C(NC(CO)c1ccccc1)C1CC(=O)N(Cc2ccco2)C1. The number of carbonyl (C=O) groups is 2. The fraction of sp³-hybridized carbons (Fsp3) is 0.333. The number of furan rings is 1. The standard InChI is InChI=1S/C18H20N2O4/c21-12-16(13-5-2-1-3-6-13)19-18(23)14-9-17(22)20(10-14)11-15-7-4-8-24-15/h1-8,14,16,21H,9-12H2,(H,19,23). The maximum atomic E-state index is 12.5. The van der Waals surface area contributed by atoms with E-state index in [1.54, 1.807) is 23.3 Å². The molecule has 3 rings (SSSR count). The topological polar surface area (TPSA) is 82.8 Å². The van der Waals surface area contributed by atoms with Crippen molar-refractivity contribution in [3.63, 3.8) is 0 Å². The molecule has 126 valence electrons. The molecule has 2 atom stereocenters. The van der Waals surface area contributed by atoms with Gasteiger partial charge in [-0.1, -0.05) is 30.3 Å². The van der Waals surface area contributed by atoms with Gasteiger partial charge in [-0.15, -0.1) is 0 Å². The smallest absolute Gasteiger partial charge is 0.225 e. The second-order valence-electron chi connectivity index (χ2n) is 5.91. The summed E-state index contributed by atoms with van der Waals surface area (Å²) in [5.41, 5.74) is 0.838. The molecule has 0 aliphatic carbocycles. The molecule has 1 fully saturated rings. The van der Waals surface area contributed by atoms with Gasteiger partial charge in [0.2, 0.25) is 11.8 Å². The van der Waals surface area contributed by atoms with Gasteiger partial charge < -0.3 is 19.7 Å². The van der Waals surface area contributed by atoms with Crippen LogP contribution in [0.15, 0.2) is 53.1 Å². The van der Waals surface area contributed by atoms with Crippen LogP contribution < -0.4 is 5.32 Å². The van der Waals surface area contributed by atoms with Crippen molar-refractivity contribution in [3.8, 4) is 0 Å². The first-order valence-corrected chi connectivity index (χ1v) is 7.93. The second kappa shape index (κ2) is 7.31. The highest BCUT2D eigenvalue weighted by Crippen LogP contribution is 2.22. The number of nitrogens with one attached hydrogen (secondary N) is 1. The summed E-state index contributed by atoms with van der Waals surface area (Å²) >= 11 is 0. The molecule has 0 bridgehead atoms. The number of rotatable bonds is 6. The molecule has 1 aromatic heterocycles. The molecule has 24 heavy (non-hydrogen) atoms. The monoisotopic (exact) mass is 328 g/mol. The first kappa shape index (κ1) is 16.3. The molecule has 0 spiro atoms. The summed E-state index contributed by atoms with van der Waals surface area (Å²) in [5, 5.41) is 12.4. The van der Waals surface area contributed by atoms with E-state index in [4.69, 9.17) is 4.42 Å². The van der Waals surface area contributed by atoms with E-state index in [1.807, 2.05) is 30.3 Å². The van der Waals surface area contributed by atoms with Crippen molar-refractivity contribution >= 4 is 11.8 Å². The third-order valence-electron chi connectivity index (χ3n) is 4.21. The van der Waals surface area contributed by atoms with E-state index in [1.165, 1.54) is 0 Å². The number of aliphatic hydroxyl groups is 1. The molecule has 2 aromatic rings. The average molecular weight is 328 g/mol. The summed E-state index contributed by atoms with van der Waals surface area (Å²) in [5.74, 6) is 0.00663. The number of hydrogen-bond acceptors (Lipinski definition) is 4. The van der Waals surface area contributed by atoms with Crippen LogP contribution in [0.4, 0.5) is 0 Å². The van der Waals surface area contributed by atoms with E-state index in [9.17, 15) is 14.7 Å². The van der Waals surface area contributed by atoms with Crippen molar-refractivity contribution in [3.05, 3.63) is 60.1 Å². The quantitative estimate of drug-likeness (QED) is 0.841. The first-order valence-electron chi connectivity index (χ1n) is 7.93. The van der Waals surface area contributed by atoms with Gasteiger partial charge in [0.25, 0.3) is 0 Å². The molecule has 0 saturated carbocycles. The third kappa shape index (κ3) is 3.65. The Balaban J connectivity index is 1.60. The summed E-state index contributed by atoms with van der Waals surface area (Å²) < 4.78 is 5.25. The van der Waals surface area contributed by atoms with Crippen LogP contribution in [0.1, 0.15) is 23.8 Å². The molecule has 2 heterocycles. The lowest BCUT2D eigenvalue weighted by atomic mass is 10.0. The van der Waals surface area contributed by atoms with Crippen molar-refractivity contribution in [2.24, 2.45) is 5.92 Å². The Bertz CT molecular complexity index is 684. The predicted octanol–water partition coefficient (Wildman–Crippen LogP) is 1.48. The number of hydrogen-bond donors (Lipinski definition) is 2. The van der Waals surface area contributed by atoms with Gasteiger partial charge in [0.05, 0.1) is 31.4 Å². The Morgan fingerprint density at radius 2 is 2.08 bits per heavy atom. The van der Waals surface area contributed by atoms with Crippen molar-refractivity contribution < 1.29 is 19.1 Å². The predicted molar refractivity (Wildman–Crippen MR) is 86.6 cm³/mol. The van der Waals surface area contributed by atoms with Gasteiger partial charge in [-0.2, -0.15) is 0 Å². The minimum absolute atomic E-state index is 0.0631. The first-order chi connectivity index (χ1) is 11.7. The largest absolute Gasteiger partial charge is 0.467 e. The zero-order chi connectivity index (χ0) is 16.9. The molecular weight excluding hydrogens is 308 g/mol. The van der Waals surface area contributed by atoms with Gasteiger partial charge >= 0.3 is 0 Å². The fourth-order valence-corrected chi connectivity index (χ4v) is 2.90. The Morgan fingerprint density at radius 1 is 1.29 bits per heavy atom. The molecule has 6 nitrogen and oxygen atoms in total. The molecule has 1 aliphatic heterocycles. The molecular formula is C18H20N2O4. The zero-order valence-electron chi connectivity index (χ0n) is 13.2. The second-order valence-corrected chi connectivity index (χ2v) is 5.91. The van der Waals surface area contributed by atoms with Crippen molar-refractivity contribution in [1.82, 2.24) is 10.2 Å². The van der Waals surface area contributed by atoms with Crippen molar-refractivity contribution in [2.45, 2.75) is 19.0 Å². The summed E-state index contributed by atoms with van der Waals surface area (Å²) in [4.78, 5) is 26.2. The minimum Gasteiger partial charge on any atom is -0.467 e. The highest BCUT2D eigenvalue weighted by molar-refractivity contribution is 5.89. The Hall–Kier alpha value is -2.60. The van der Waals surface area contributed by atoms with E-state index >= 15 is 0 Å². The number of carbonyl (C=O) groups excluding carboxylic acids is 2. The number of likely N-dealkylation sites (tertiary alicyclic amines) is 1. The van der Waals surface area contributed by atoms with Gasteiger partial charge in [0.1, 0.15) is 5.76 Å². The van der Waals surface area contributed by atoms with Gasteiger partial charge in [-0.25, -0.2) is 0 Å². The Kier molecular flexibility index (Phi) is 4.96. The molecule has 0 radical (unpaired) electrons. The normalized spacial score (nSPS) is 18.6. The Morgan fingerprint density at radius 3 is 2.75 bits per heavy atom. The molecule has 2 amide bonds. The summed E-state index contributed by atoms with van der Waals surface area (Å²) in [7, 11) is 0. The maximum absolute atomic E-state index is 12.5. The zero-order valence-corrected chi connectivity index (χ0v) is 13.2. The molecule has 2 N–H and O–H groups in total. The summed E-state index contributed by atoms with van der Waals surface area (Å²) in [6.07, 6.45) is 1.74. The van der Waals surface area contributed by atoms with Crippen LogP contribution in [0.3, 0.4) is 0 Å². The van der Waals surface area contributed by atoms with Gasteiger partial charge in [0.15, 0.2) is 0 Å². The molecule has 1 saturated heterocycles. The highest BCUT2D eigenvalue weighted by Gasteiger charge is 2.35. The van der Waals surface area contributed by atoms with E-state index in [-0.39, 0.29) is 24.8 Å². The van der Waals surface area contributed by atoms with E-state index in [2.05, 4.69) is 5.32 Å². The summed E-state index contributed by atoms with van der Waals surface area (Å²) in [6.45, 7) is 0.544. The molecule has 2 unspecified atom stereocenters. The summed E-state index contributed by atoms with van der Waals surface area (Å²) in [6, 6.07) is 12.4. The van der Waals surface area contributed by atoms with Crippen LogP contribution in [0.5, 0.6) is 0 Å². The van der Waals surface area contributed by atoms with Crippen LogP contribution >= 0.6 is 0 Å². The van der Waals surface area contributed by atoms with Crippen LogP contribution in [0.2, 0.25) is 0 Å². The van der Waals surface area contributed by atoms with Crippen molar-refractivity contribution in [2.75, 3.05) is 13.2 Å². The van der Waals surface area contributed by atoms with Gasteiger partial charge in [0, 0.05) is 13.0 Å². The lowest BCUT2D eigenvalue weighted by Gasteiger charge is -2.19. The van der Waals surface area contributed by atoms with Crippen molar-refractivity contribution in [1.29, 1.82) is 0 Å². The number of nitrogens with zero attached hydrogens (tertiary/aromatic N) is 1. The number of amides is 2. The highest BCUT2D eigenvalue weighted by atomic mass is 16.3. The van der Waals surface area contributed by atoms with Crippen LogP contribution in [-0.4, -0.2) is 35.0 Å². The van der Waals surface area contributed by atoms with Crippen LogP contribution in [-0.2, 0) is 16.1 Å². The van der Waals surface area contributed by atoms with E-state index < -0.39 is 12.0 Å². The molecule has 6 heteroatoms. The number of benzene rings is 1. The molecule has 1 aliphatic rings. The van der Waals surface area contributed by atoms with Crippen LogP contribution in [0.25, 0.3) is 0 Å². The lowest BCUT2D eigenvalue weighted by Crippen LogP contribution is -2.36. The Labute approximate surface area is 140 Å². The minimum atomic E-state index is -0.465. The average Bonchev–Trinajstić information content (AvgIpc) is 3.24. The van der Waals surface area contributed by atoms with Gasteiger partial charge in [-0.3, -0.25) is 9.59 Å². The number of aliphatic hydroxyl groups excluding tert-OH is 1. The van der Waals surface area contributed by atoms with Gasteiger partial charge in [-0.05, 0) is 17.7 Å². The lowest BCUT2D eigenvalue weighted by molar-refractivity contribution is -0.129. The maximum Gasteiger partial charge on any atom is 0.225 e. The van der Waals surface area contributed by atoms with Crippen LogP contribution in [0, 0.1) is 5.92 Å². The molecule has 1 aromatic carbocycles.